The summed E-state index contributed by atoms with van der Waals surface area (Å²) >= 11 is 0. The third-order valence-electron chi connectivity index (χ3n) is 4.27. The van der Waals surface area contributed by atoms with E-state index in [1.807, 2.05) is 0 Å². The summed E-state index contributed by atoms with van der Waals surface area (Å²) in [7, 11) is 0. The van der Waals surface area contributed by atoms with E-state index in [1.54, 1.807) is 0 Å². The minimum absolute atomic E-state index is 0.216. The molecule has 20 heavy (non-hydrogen) atoms. The predicted octanol–water partition coefficient (Wildman–Crippen LogP) is 3.59. The molecule has 3 heteroatoms. The summed E-state index contributed by atoms with van der Waals surface area (Å²) in [6.45, 7) is 8.32. The van der Waals surface area contributed by atoms with Crippen LogP contribution in [-0.4, -0.2) is 37.0 Å². The lowest BCUT2D eigenvalue weighted by Crippen LogP contribution is -2.44. The normalized spacial score (nSPS) is 20.8. The Morgan fingerprint density at radius 2 is 1.85 bits per heavy atom. The molecule has 1 atom stereocenters. The Morgan fingerprint density at radius 3 is 2.60 bits per heavy atom. The van der Waals surface area contributed by atoms with Crippen molar-refractivity contribution in [3.63, 3.8) is 0 Å². The third kappa shape index (κ3) is 6.74. The fourth-order valence-electron chi connectivity index (χ4n) is 2.94. The summed E-state index contributed by atoms with van der Waals surface area (Å²) in [4.78, 5) is 14.8. The van der Waals surface area contributed by atoms with Crippen LogP contribution in [0.15, 0.2) is 0 Å². The highest BCUT2D eigenvalue weighted by Crippen LogP contribution is 2.15. The number of nitrogens with one attached hydrogen (secondary N) is 1. The molecular formula is C17H34N2O. The predicted molar refractivity (Wildman–Crippen MR) is 85.8 cm³/mol. The Bertz CT molecular complexity index is 255. The minimum atomic E-state index is 0.216. The summed E-state index contributed by atoms with van der Waals surface area (Å²) in [6, 6.07) is 0. The van der Waals surface area contributed by atoms with Crippen LogP contribution < -0.4 is 5.32 Å². The van der Waals surface area contributed by atoms with Crippen LogP contribution in [0.1, 0.15) is 71.6 Å². The Labute approximate surface area is 125 Å². The van der Waals surface area contributed by atoms with Crippen LogP contribution in [0.2, 0.25) is 0 Å². The van der Waals surface area contributed by atoms with E-state index in [-0.39, 0.29) is 5.92 Å². The summed E-state index contributed by atoms with van der Waals surface area (Å²) < 4.78 is 0. The SMILES string of the molecule is CCCCCCN1CCCNCC(CCCCC)C1=O. The van der Waals surface area contributed by atoms with Crippen molar-refractivity contribution in [2.45, 2.75) is 71.6 Å². The van der Waals surface area contributed by atoms with Crippen molar-refractivity contribution in [2.24, 2.45) is 5.92 Å². The van der Waals surface area contributed by atoms with E-state index in [0.717, 1.165) is 39.0 Å². The second-order valence-corrected chi connectivity index (χ2v) is 6.14. The molecule has 1 saturated heterocycles. The molecule has 1 heterocycles. The fourth-order valence-corrected chi connectivity index (χ4v) is 2.94. The number of rotatable bonds is 9. The molecule has 118 valence electrons. The average Bonchev–Trinajstić information content (AvgIpc) is 2.45. The maximum atomic E-state index is 12.6. The number of unbranched alkanes of at least 4 members (excludes halogenated alkanes) is 5. The summed E-state index contributed by atoms with van der Waals surface area (Å²) in [5.41, 5.74) is 0. The van der Waals surface area contributed by atoms with Crippen LogP contribution >= 0.6 is 0 Å². The molecule has 1 fully saturated rings. The molecule has 1 aliphatic rings. The summed E-state index contributed by atoms with van der Waals surface area (Å²) in [5, 5.41) is 3.44. The lowest BCUT2D eigenvalue weighted by Gasteiger charge is -2.30. The molecule has 0 spiro atoms. The first kappa shape index (κ1) is 17.5. The van der Waals surface area contributed by atoms with Gasteiger partial charge in [0.25, 0.3) is 0 Å². The second-order valence-electron chi connectivity index (χ2n) is 6.14. The quantitative estimate of drug-likeness (QED) is 0.656. The molecule has 0 aromatic heterocycles. The Balaban J connectivity index is 2.41. The highest BCUT2D eigenvalue weighted by atomic mass is 16.2. The lowest BCUT2D eigenvalue weighted by atomic mass is 9.98. The molecular weight excluding hydrogens is 248 g/mol. The van der Waals surface area contributed by atoms with Gasteiger partial charge in [0.2, 0.25) is 5.91 Å². The Kier molecular flexibility index (Phi) is 9.73. The Morgan fingerprint density at radius 1 is 1.10 bits per heavy atom. The van der Waals surface area contributed by atoms with Crippen molar-refractivity contribution >= 4 is 5.91 Å². The Hall–Kier alpha value is -0.570. The van der Waals surface area contributed by atoms with Gasteiger partial charge in [0.15, 0.2) is 0 Å². The molecule has 1 N–H and O–H groups in total. The lowest BCUT2D eigenvalue weighted by molar-refractivity contribution is -0.136. The van der Waals surface area contributed by atoms with E-state index in [0.29, 0.717) is 5.91 Å². The summed E-state index contributed by atoms with van der Waals surface area (Å²) in [5.74, 6) is 0.623. The van der Waals surface area contributed by atoms with Gasteiger partial charge in [0, 0.05) is 19.6 Å². The van der Waals surface area contributed by atoms with Crippen molar-refractivity contribution in [1.29, 1.82) is 0 Å². The molecule has 1 amide bonds. The van der Waals surface area contributed by atoms with E-state index in [1.165, 1.54) is 44.9 Å². The van der Waals surface area contributed by atoms with Gasteiger partial charge in [0.05, 0.1) is 5.92 Å². The molecule has 3 nitrogen and oxygen atoms in total. The van der Waals surface area contributed by atoms with Crippen molar-refractivity contribution in [3.8, 4) is 0 Å². The van der Waals surface area contributed by atoms with Crippen LogP contribution in [0.5, 0.6) is 0 Å². The molecule has 0 bridgehead atoms. The first-order valence-corrected chi connectivity index (χ1v) is 8.79. The van der Waals surface area contributed by atoms with Crippen molar-refractivity contribution in [2.75, 3.05) is 26.2 Å². The zero-order valence-corrected chi connectivity index (χ0v) is 13.6. The molecule has 0 radical (unpaired) electrons. The maximum Gasteiger partial charge on any atom is 0.226 e. The van der Waals surface area contributed by atoms with E-state index >= 15 is 0 Å². The van der Waals surface area contributed by atoms with Gasteiger partial charge in [-0.15, -0.1) is 0 Å². The molecule has 1 unspecified atom stereocenters. The number of amides is 1. The number of carbonyl (C=O) groups excluding carboxylic acids is 1. The highest BCUT2D eigenvalue weighted by molar-refractivity contribution is 5.79. The number of hydrogen-bond donors (Lipinski definition) is 1. The topological polar surface area (TPSA) is 32.3 Å². The zero-order chi connectivity index (χ0) is 14.6. The van der Waals surface area contributed by atoms with Crippen molar-refractivity contribution in [3.05, 3.63) is 0 Å². The molecule has 0 aliphatic carbocycles. The molecule has 1 rings (SSSR count). The number of carbonyl (C=O) groups is 1. The molecule has 0 saturated carbocycles. The zero-order valence-electron chi connectivity index (χ0n) is 13.6. The standard InChI is InChI=1S/C17H34N2O/c1-3-5-7-9-13-19-14-10-12-18-15-16(17(19)20)11-8-6-4-2/h16,18H,3-15H2,1-2H3. The van der Waals surface area contributed by atoms with E-state index in [2.05, 4.69) is 24.1 Å². The van der Waals surface area contributed by atoms with Crippen LogP contribution in [0.4, 0.5) is 0 Å². The highest BCUT2D eigenvalue weighted by Gasteiger charge is 2.24. The minimum Gasteiger partial charge on any atom is -0.342 e. The maximum absolute atomic E-state index is 12.6. The van der Waals surface area contributed by atoms with Gasteiger partial charge in [-0.05, 0) is 25.8 Å². The fraction of sp³-hybridized carbons (Fsp3) is 0.941. The number of nitrogens with zero attached hydrogens (tertiary/aromatic N) is 1. The monoisotopic (exact) mass is 282 g/mol. The van der Waals surface area contributed by atoms with Crippen LogP contribution in [0.25, 0.3) is 0 Å². The van der Waals surface area contributed by atoms with Crippen LogP contribution in [-0.2, 0) is 4.79 Å². The van der Waals surface area contributed by atoms with Gasteiger partial charge in [-0.25, -0.2) is 0 Å². The van der Waals surface area contributed by atoms with Crippen LogP contribution in [0, 0.1) is 5.92 Å². The smallest absolute Gasteiger partial charge is 0.226 e. The van der Waals surface area contributed by atoms with Gasteiger partial charge >= 0.3 is 0 Å². The second kappa shape index (κ2) is 11.1. The van der Waals surface area contributed by atoms with Crippen molar-refractivity contribution < 1.29 is 4.79 Å². The van der Waals surface area contributed by atoms with Crippen LogP contribution in [0.3, 0.4) is 0 Å². The van der Waals surface area contributed by atoms with Gasteiger partial charge < -0.3 is 10.2 Å². The first-order chi connectivity index (χ1) is 9.79. The van der Waals surface area contributed by atoms with Gasteiger partial charge in [0.1, 0.15) is 0 Å². The largest absolute Gasteiger partial charge is 0.342 e. The van der Waals surface area contributed by atoms with E-state index < -0.39 is 0 Å². The number of hydrogen-bond acceptors (Lipinski definition) is 2. The van der Waals surface area contributed by atoms with Gasteiger partial charge in [-0.3, -0.25) is 4.79 Å². The van der Waals surface area contributed by atoms with Gasteiger partial charge in [-0.2, -0.15) is 0 Å². The first-order valence-electron chi connectivity index (χ1n) is 8.79. The molecule has 0 aromatic carbocycles. The summed E-state index contributed by atoms with van der Waals surface area (Å²) in [6.07, 6.45) is 10.8. The van der Waals surface area contributed by atoms with E-state index in [9.17, 15) is 4.79 Å². The van der Waals surface area contributed by atoms with E-state index in [4.69, 9.17) is 0 Å². The molecule has 0 aromatic rings. The van der Waals surface area contributed by atoms with Gasteiger partial charge in [-0.1, -0.05) is 52.4 Å². The van der Waals surface area contributed by atoms with Crippen molar-refractivity contribution in [1.82, 2.24) is 10.2 Å². The third-order valence-corrected chi connectivity index (χ3v) is 4.27. The molecule has 1 aliphatic heterocycles. The average molecular weight is 282 g/mol.